The van der Waals surface area contributed by atoms with E-state index in [-0.39, 0.29) is 9.88 Å². The van der Waals surface area contributed by atoms with Crippen LogP contribution in [0.3, 0.4) is 0 Å². The first-order valence-corrected chi connectivity index (χ1v) is 11.0. The number of hydrazine groups is 1. The van der Waals surface area contributed by atoms with E-state index in [9.17, 15) is 14.4 Å². The molecule has 0 saturated carbocycles. The van der Waals surface area contributed by atoms with Gasteiger partial charge in [-0.1, -0.05) is 23.9 Å². The second-order valence-corrected chi connectivity index (χ2v) is 9.10. The third-order valence-corrected chi connectivity index (χ3v) is 6.56. The summed E-state index contributed by atoms with van der Waals surface area (Å²) in [6.45, 7) is 1.80. The molecule has 1 aliphatic rings. The molecule has 10 heteroatoms. The number of hydrogen-bond donors (Lipinski definition) is 2. The number of thioether (sulfide) groups is 1. The lowest BCUT2D eigenvalue weighted by Crippen LogP contribution is -2.44. The third-order valence-electron chi connectivity index (χ3n) is 4.39. The summed E-state index contributed by atoms with van der Waals surface area (Å²) >= 11 is 7.55. The van der Waals surface area contributed by atoms with Crippen LogP contribution < -0.4 is 5.43 Å². The minimum Gasteiger partial charge on any atom is -0.478 e. The molecule has 7 nitrogen and oxygen atoms in total. The number of thiophene rings is 1. The zero-order valence-electron chi connectivity index (χ0n) is 15.9. The minimum absolute atomic E-state index is 0.196. The number of benzene rings is 1. The standard InChI is InChI=1S/C21H14N2O5S3/c1-11-9-12(20(26)27)4-6-14(11)15-7-5-13(28-15)10-17-19(25)23(21(29)31-17)22-18(24)16-3-2-8-30-16/h2-10H,1H3,(H,22,24)(H,26,27)/b17-10-. The van der Waals surface area contributed by atoms with Crippen LogP contribution in [0.1, 0.15) is 31.4 Å². The molecule has 0 spiro atoms. The van der Waals surface area contributed by atoms with E-state index in [2.05, 4.69) is 5.43 Å². The number of amides is 2. The number of carbonyl (C=O) groups excluding carboxylic acids is 2. The molecule has 1 saturated heterocycles. The molecule has 156 valence electrons. The molecule has 1 aliphatic heterocycles. The van der Waals surface area contributed by atoms with Crippen molar-refractivity contribution >= 4 is 63.5 Å². The van der Waals surface area contributed by atoms with Crippen LogP contribution in [0.5, 0.6) is 0 Å². The number of furan rings is 1. The zero-order valence-corrected chi connectivity index (χ0v) is 18.4. The monoisotopic (exact) mass is 470 g/mol. The highest BCUT2D eigenvalue weighted by molar-refractivity contribution is 8.26. The number of rotatable bonds is 5. The van der Waals surface area contributed by atoms with Crippen molar-refractivity contribution in [1.29, 1.82) is 0 Å². The van der Waals surface area contributed by atoms with Gasteiger partial charge in [-0.25, -0.2) is 4.79 Å². The van der Waals surface area contributed by atoms with Crippen LogP contribution in [0.25, 0.3) is 17.4 Å². The van der Waals surface area contributed by atoms with Gasteiger partial charge in [-0.15, -0.1) is 11.3 Å². The number of aryl methyl sites for hydroxylation is 1. The van der Waals surface area contributed by atoms with Gasteiger partial charge >= 0.3 is 5.97 Å². The number of carbonyl (C=O) groups is 3. The maximum Gasteiger partial charge on any atom is 0.335 e. The van der Waals surface area contributed by atoms with Crippen molar-refractivity contribution in [2.75, 3.05) is 0 Å². The number of hydrogen-bond acceptors (Lipinski definition) is 7. The lowest BCUT2D eigenvalue weighted by atomic mass is 10.0. The highest BCUT2D eigenvalue weighted by Gasteiger charge is 2.34. The van der Waals surface area contributed by atoms with Crippen molar-refractivity contribution in [2.45, 2.75) is 6.92 Å². The number of nitrogens with zero attached hydrogens (tertiary/aromatic N) is 1. The van der Waals surface area contributed by atoms with Crippen LogP contribution in [0.4, 0.5) is 0 Å². The normalized spacial score (nSPS) is 15.0. The topological polar surface area (TPSA) is 99.9 Å². The highest BCUT2D eigenvalue weighted by atomic mass is 32.2. The fourth-order valence-corrected chi connectivity index (χ4v) is 4.68. The van der Waals surface area contributed by atoms with Crippen molar-refractivity contribution in [3.05, 3.63) is 74.5 Å². The maximum absolute atomic E-state index is 12.7. The van der Waals surface area contributed by atoms with E-state index in [0.29, 0.717) is 21.3 Å². The predicted octanol–water partition coefficient (Wildman–Crippen LogP) is 4.56. The average molecular weight is 471 g/mol. The molecule has 2 N–H and O–H groups in total. The molecule has 3 heterocycles. The molecule has 31 heavy (non-hydrogen) atoms. The van der Waals surface area contributed by atoms with Gasteiger partial charge in [0, 0.05) is 11.6 Å². The summed E-state index contributed by atoms with van der Waals surface area (Å²) in [4.78, 5) is 36.8. The molecule has 4 rings (SSSR count). The van der Waals surface area contributed by atoms with Gasteiger partial charge in [0.15, 0.2) is 4.32 Å². The maximum atomic E-state index is 12.7. The number of thiocarbonyl (C=S) groups is 1. The smallest absolute Gasteiger partial charge is 0.335 e. The quantitative estimate of drug-likeness (QED) is 0.416. The van der Waals surface area contributed by atoms with Crippen molar-refractivity contribution in [2.24, 2.45) is 0 Å². The van der Waals surface area contributed by atoms with Gasteiger partial charge in [0.2, 0.25) is 0 Å². The van der Waals surface area contributed by atoms with Crippen LogP contribution in [-0.4, -0.2) is 32.2 Å². The predicted molar refractivity (Wildman–Crippen MR) is 123 cm³/mol. The molecule has 2 amide bonds. The van der Waals surface area contributed by atoms with Crippen LogP contribution >= 0.6 is 35.3 Å². The van der Waals surface area contributed by atoms with Gasteiger partial charge in [0.1, 0.15) is 11.5 Å². The van der Waals surface area contributed by atoms with Gasteiger partial charge < -0.3 is 9.52 Å². The van der Waals surface area contributed by atoms with E-state index in [4.69, 9.17) is 21.7 Å². The molecule has 0 aliphatic carbocycles. The Bertz CT molecular complexity index is 1240. The Hall–Kier alpha value is -3.21. The molecule has 0 bridgehead atoms. The van der Waals surface area contributed by atoms with Crippen LogP contribution in [-0.2, 0) is 4.79 Å². The summed E-state index contributed by atoms with van der Waals surface area (Å²) in [7, 11) is 0. The van der Waals surface area contributed by atoms with Crippen molar-refractivity contribution in [3.8, 4) is 11.3 Å². The van der Waals surface area contributed by atoms with Crippen molar-refractivity contribution in [3.63, 3.8) is 0 Å². The van der Waals surface area contributed by atoms with Gasteiger partial charge in [0.05, 0.1) is 15.3 Å². The van der Waals surface area contributed by atoms with E-state index in [0.717, 1.165) is 27.9 Å². The SMILES string of the molecule is Cc1cc(C(=O)O)ccc1-c1ccc(/C=C2\SC(=S)N(NC(=O)c3cccs3)C2=O)o1. The molecular weight excluding hydrogens is 456 g/mol. The number of carboxylic acids is 1. The second kappa shape index (κ2) is 8.50. The zero-order chi connectivity index (χ0) is 22.1. The van der Waals surface area contributed by atoms with Gasteiger partial charge in [-0.2, -0.15) is 5.01 Å². The van der Waals surface area contributed by atoms with E-state index in [1.54, 1.807) is 54.8 Å². The Morgan fingerprint density at radius 3 is 2.71 bits per heavy atom. The number of nitrogens with one attached hydrogen (secondary N) is 1. The molecule has 0 radical (unpaired) electrons. The Labute approximate surface area is 190 Å². The summed E-state index contributed by atoms with van der Waals surface area (Å²) in [5.41, 5.74) is 4.22. The lowest BCUT2D eigenvalue weighted by molar-refractivity contribution is -0.123. The molecule has 1 aromatic carbocycles. The molecular formula is C21H14N2O5S3. The molecule has 1 fully saturated rings. The third kappa shape index (κ3) is 4.31. The molecule has 3 aromatic rings. The Morgan fingerprint density at radius 1 is 1.23 bits per heavy atom. The van der Waals surface area contributed by atoms with Gasteiger partial charge in [-0.3, -0.25) is 15.0 Å². The Kier molecular flexibility index (Phi) is 5.77. The summed E-state index contributed by atoms with van der Waals surface area (Å²) in [5.74, 6) is -0.875. The average Bonchev–Trinajstić information content (AvgIpc) is 3.47. The molecule has 0 atom stereocenters. The van der Waals surface area contributed by atoms with Crippen LogP contribution in [0, 0.1) is 6.92 Å². The molecule has 2 aromatic heterocycles. The Morgan fingerprint density at radius 2 is 2.03 bits per heavy atom. The highest BCUT2D eigenvalue weighted by Crippen LogP contribution is 2.33. The fraction of sp³-hybridized carbons (Fsp3) is 0.0476. The first kappa shape index (κ1) is 21.0. The van der Waals surface area contributed by atoms with E-state index in [1.807, 2.05) is 0 Å². The summed E-state index contributed by atoms with van der Waals surface area (Å²) in [5, 5.41) is 11.9. The lowest BCUT2D eigenvalue weighted by Gasteiger charge is -2.14. The van der Waals surface area contributed by atoms with Crippen molar-refractivity contribution < 1.29 is 23.9 Å². The number of aromatic carboxylic acids is 1. The van der Waals surface area contributed by atoms with Crippen LogP contribution in [0.15, 0.2) is 57.2 Å². The van der Waals surface area contributed by atoms with Gasteiger partial charge in [-0.05, 0) is 60.4 Å². The summed E-state index contributed by atoms with van der Waals surface area (Å²) < 4.78 is 6.05. The first-order chi connectivity index (χ1) is 14.8. The second-order valence-electron chi connectivity index (χ2n) is 6.47. The largest absolute Gasteiger partial charge is 0.478 e. The minimum atomic E-state index is -0.997. The van der Waals surface area contributed by atoms with E-state index < -0.39 is 17.8 Å². The summed E-state index contributed by atoms with van der Waals surface area (Å²) in [6.07, 6.45) is 1.56. The summed E-state index contributed by atoms with van der Waals surface area (Å²) in [6, 6.07) is 11.6. The van der Waals surface area contributed by atoms with E-state index >= 15 is 0 Å². The van der Waals surface area contributed by atoms with E-state index in [1.165, 1.54) is 17.4 Å². The van der Waals surface area contributed by atoms with Gasteiger partial charge in [0.25, 0.3) is 11.8 Å². The fourth-order valence-electron chi connectivity index (χ4n) is 2.91. The Balaban J connectivity index is 1.53. The molecule has 0 unspecified atom stereocenters. The first-order valence-electron chi connectivity index (χ1n) is 8.90. The van der Waals surface area contributed by atoms with Crippen LogP contribution in [0.2, 0.25) is 0 Å². The number of carboxylic acid groups (broad SMARTS) is 1. The van der Waals surface area contributed by atoms with Crippen molar-refractivity contribution in [1.82, 2.24) is 10.4 Å².